The molecule has 564 valence electrons. The van der Waals surface area contributed by atoms with E-state index in [1.807, 2.05) is 24.3 Å². The summed E-state index contributed by atoms with van der Waals surface area (Å²) in [5.41, 5.74) is 33.2. The van der Waals surface area contributed by atoms with Crippen molar-refractivity contribution in [2.75, 3.05) is 10.2 Å². The van der Waals surface area contributed by atoms with Gasteiger partial charge in [0.25, 0.3) is 0 Å². The molecule has 0 atom stereocenters. The number of anilines is 5. The van der Waals surface area contributed by atoms with Crippen molar-refractivity contribution in [1.29, 1.82) is 0 Å². The van der Waals surface area contributed by atoms with Crippen molar-refractivity contribution in [3.05, 3.63) is 522 Å². The average molecular weight is 1590 g/mol. The number of halogens is 1. The van der Waals surface area contributed by atoms with Gasteiger partial charge in [-0.3, -0.25) is 9.13 Å². The molecule has 22 rings (SSSR count). The Balaban J connectivity index is 0.000000130. The zero-order valence-corrected chi connectivity index (χ0v) is 66.7. The van der Waals surface area contributed by atoms with Crippen LogP contribution in [0.25, 0.3) is 101 Å². The highest BCUT2D eigenvalue weighted by molar-refractivity contribution is 9.10. The van der Waals surface area contributed by atoms with E-state index in [-0.39, 0.29) is 0 Å². The molecule has 0 fully saturated rings. The summed E-state index contributed by atoms with van der Waals surface area (Å²) in [6.07, 6.45) is 0. The SMILES string of the molecule is Brc1ccc(C2(c3ccc(-c4nc5ccccc5n4-c4ccccc4)cc3)c3ccccc3-c3ccccc32)cc1.c1ccc(-c2ccc(N(c3ccccc3)c3ccc(C4(c5ccc(-c6nc7ccccc7n6-c6ccccc6)cc5)c5ccccc5-c5ccccc54)cc3)cc2)cc1.c1ccc(Nc2ccc(-c3ccccc3)cc2)cc1. The molecule has 0 aliphatic heterocycles. The van der Waals surface area contributed by atoms with E-state index < -0.39 is 10.8 Å². The van der Waals surface area contributed by atoms with Crippen LogP contribution in [0, 0.1) is 0 Å². The molecule has 7 heteroatoms. The van der Waals surface area contributed by atoms with Crippen LogP contribution in [0.1, 0.15) is 44.5 Å². The van der Waals surface area contributed by atoms with E-state index in [2.05, 4.69) is 484 Å². The fraction of sp³-hybridized carbons (Fsp3) is 0.0179. The molecule has 0 radical (unpaired) electrons. The van der Waals surface area contributed by atoms with Crippen LogP contribution in [0.2, 0.25) is 0 Å². The normalized spacial score (nSPS) is 12.4. The smallest absolute Gasteiger partial charge is 0.145 e. The minimum Gasteiger partial charge on any atom is -0.356 e. The Morgan fingerprint density at radius 3 is 0.891 bits per heavy atom. The zero-order valence-electron chi connectivity index (χ0n) is 65.1. The summed E-state index contributed by atoms with van der Waals surface area (Å²) < 4.78 is 5.60. The lowest BCUT2D eigenvalue weighted by Crippen LogP contribution is -2.28. The number of hydrogen-bond acceptors (Lipinski definition) is 4. The van der Waals surface area contributed by atoms with E-state index in [9.17, 15) is 0 Å². The van der Waals surface area contributed by atoms with E-state index in [4.69, 9.17) is 9.97 Å². The molecule has 2 heterocycles. The first-order chi connectivity index (χ1) is 58.9. The number of aromatic nitrogens is 4. The maximum absolute atomic E-state index is 5.19. The Bertz CT molecular complexity index is 6850. The van der Waals surface area contributed by atoms with Gasteiger partial charge in [-0.25, -0.2) is 9.97 Å². The quantitative estimate of drug-likeness (QED) is 0.111. The highest BCUT2D eigenvalue weighted by atomic mass is 79.9. The first-order valence-corrected chi connectivity index (χ1v) is 41.2. The van der Waals surface area contributed by atoms with Crippen LogP contribution < -0.4 is 10.2 Å². The number of benzene rings is 18. The molecule has 0 spiro atoms. The van der Waals surface area contributed by atoms with Gasteiger partial charge in [-0.15, -0.1) is 0 Å². The largest absolute Gasteiger partial charge is 0.356 e. The third kappa shape index (κ3) is 13.5. The second kappa shape index (κ2) is 32.0. The van der Waals surface area contributed by atoms with Crippen molar-refractivity contribution in [3.63, 3.8) is 0 Å². The van der Waals surface area contributed by atoms with Gasteiger partial charge in [-0.2, -0.15) is 0 Å². The number of rotatable bonds is 15. The van der Waals surface area contributed by atoms with Crippen LogP contribution in [0.15, 0.2) is 478 Å². The van der Waals surface area contributed by atoms with Crippen LogP contribution in [0.3, 0.4) is 0 Å². The summed E-state index contributed by atoms with van der Waals surface area (Å²) in [6.45, 7) is 0. The molecular weight excluding hydrogens is 1510 g/mol. The number of fused-ring (bicyclic) bond motifs is 8. The summed E-state index contributed by atoms with van der Waals surface area (Å²) in [6, 6.07) is 169. The van der Waals surface area contributed by atoms with Crippen molar-refractivity contribution in [2.45, 2.75) is 10.8 Å². The van der Waals surface area contributed by atoms with Gasteiger partial charge in [0.15, 0.2) is 0 Å². The third-order valence-corrected chi connectivity index (χ3v) is 23.9. The molecular formula is C112H79BrN6. The topological polar surface area (TPSA) is 50.9 Å². The van der Waals surface area contributed by atoms with E-state index in [0.29, 0.717) is 0 Å². The number of hydrogen-bond donors (Lipinski definition) is 1. The Labute approximate surface area is 702 Å². The Kier molecular flexibility index (Phi) is 19.6. The van der Waals surface area contributed by atoms with E-state index in [1.165, 1.54) is 89.0 Å². The van der Waals surface area contributed by atoms with Gasteiger partial charge in [0.05, 0.1) is 32.9 Å². The molecule has 0 amide bonds. The van der Waals surface area contributed by atoms with Crippen LogP contribution in [-0.2, 0) is 10.8 Å². The fourth-order valence-electron chi connectivity index (χ4n) is 18.0. The summed E-state index contributed by atoms with van der Waals surface area (Å²) in [5, 5.41) is 3.38. The van der Waals surface area contributed by atoms with Crippen LogP contribution in [0.5, 0.6) is 0 Å². The minimum atomic E-state index is -0.543. The van der Waals surface area contributed by atoms with Gasteiger partial charge < -0.3 is 10.2 Å². The summed E-state index contributed by atoms with van der Waals surface area (Å²) in [7, 11) is 0. The van der Waals surface area contributed by atoms with Gasteiger partial charge in [0.1, 0.15) is 11.6 Å². The number of imidazole rings is 2. The molecule has 1 N–H and O–H groups in total. The van der Waals surface area contributed by atoms with Gasteiger partial charge in [0, 0.05) is 55.4 Å². The predicted molar refractivity (Wildman–Crippen MR) is 497 cm³/mol. The second-order valence-electron chi connectivity index (χ2n) is 30.1. The lowest BCUT2D eigenvalue weighted by atomic mass is 9.67. The van der Waals surface area contributed by atoms with Crippen molar-refractivity contribution in [1.82, 2.24) is 19.1 Å². The molecule has 2 aromatic heterocycles. The van der Waals surface area contributed by atoms with E-state index >= 15 is 0 Å². The molecule has 0 saturated heterocycles. The molecule has 18 aromatic carbocycles. The first kappa shape index (κ1) is 72.9. The monoisotopic (exact) mass is 1590 g/mol. The van der Waals surface area contributed by atoms with Gasteiger partial charge >= 0.3 is 0 Å². The average Bonchev–Trinajstić information content (AvgIpc) is 1.55. The molecule has 20 aromatic rings. The van der Waals surface area contributed by atoms with E-state index in [1.54, 1.807) is 0 Å². The van der Waals surface area contributed by atoms with Gasteiger partial charge in [-0.1, -0.05) is 368 Å². The highest BCUT2D eigenvalue weighted by Crippen LogP contribution is 2.58. The highest BCUT2D eigenvalue weighted by Gasteiger charge is 2.48. The molecule has 2 aliphatic rings. The molecule has 0 saturated carbocycles. The van der Waals surface area contributed by atoms with E-state index in [0.717, 1.165) is 89.1 Å². The summed E-state index contributed by atoms with van der Waals surface area (Å²) in [5.74, 6) is 1.86. The van der Waals surface area contributed by atoms with Gasteiger partial charge in [-0.05, 0) is 210 Å². The molecule has 119 heavy (non-hydrogen) atoms. The minimum absolute atomic E-state index is 0.425. The third-order valence-electron chi connectivity index (χ3n) is 23.3. The van der Waals surface area contributed by atoms with Gasteiger partial charge in [0.2, 0.25) is 0 Å². The van der Waals surface area contributed by atoms with Crippen molar-refractivity contribution in [2.24, 2.45) is 0 Å². The first-order valence-electron chi connectivity index (χ1n) is 40.5. The molecule has 0 unspecified atom stereocenters. The number of para-hydroxylation sites is 8. The molecule has 0 bridgehead atoms. The maximum Gasteiger partial charge on any atom is 0.145 e. The zero-order chi connectivity index (χ0) is 79.5. The van der Waals surface area contributed by atoms with Crippen molar-refractivity contribution < 1.29 is 0 Å². The standard InChI is InChI=1S/C56H39N3.C38H25BrN2.C18H15N/c1-4-16-40(17-5-1)41-30-36-47(37-31-41)58(45-18-6-2-7-19-45)48-38-34-44(35-39-48)56(51-24-12-10-22-49(51)50-23-11-13-25-52(50)56)43-32-28-42(29-33-43)55-57-53-26-14-15-27-54(53)59(55)46-20-8-3-9-21-46;39-29-24-22-28(23-25-29)38(33-14-6-4-12-31(33)32-13-5-7-15-34(32)38)27-20-18-26(19-21-27)37-40-35-16-8-9-17-36(35)41(37)30-10-2-1-3-11-30;1-3-7-15(8-4-1)16-11-13-18(14-12-16)19-17-9-5-2-6-10-17/h1-39H;1-25H;1-14,19H. The molecule has 6 nitrogen and oxygen atoms in total. The fourth-order valence-corrected chi connectivity index (χ4v) is 18.2. The molecule has 2 aliphatic carbocycles. The predicted octanol–water partition coefficient (Wildman–Crippen LogP) is 29.1. The number of nitrogens with zero attached hydrogens (tertiary/aromatic N) is 5. The van der Waals surface area contributed by atoms with Crippen LogP contribution >= 0.6 is 15.9 Å². The maximum atomic E-state index is 5.19. The van der Waals surface area contributed by atoms with Crippen molar-refractivity contribution >= 4 is 66.4 Å². The second-order valence-corrected chi connectivity index (χ2v) is 31.0. The summed E-state index contributed by atoms with van der Waals surface area (Å²) >= 11 is 3.66. The lowest BCUT2D eigenvalue weighted by molar-refractivity contribution is 0.768. The number of nitrogens with one attached hydrogen (secondary N) is 1. The Morgan fingerprint density at radius 1 is 0.227 bits per heavy atom. The Hall–Kier alpha value is -15.0. The lowest BCUT2D eigenvalue weighted by Gasteiger charge is -2.34. The van der Waals surface area contributed by atoms with Crippen molar-refractivity contribution in [3.8, 4) is 78.7 Å². The Morgan fingerprint density at radius 2 is 0.496 bits per heavy atom. The van der Waals surface area contributed by atoms with Crippen LogP contribution in [0.4, 0.5) is 28.4 Å². The van der Waals surface area contributed by atoms with Crippen LogP contribution in [-0.4, -0.2) is 19.1 Å². The summed E-state index contributed by atoms with van der Waals surface area (Å²) in [4.78, 5) is 12.6.